The molecule has 0 aromatic heterocycles. The van der Waals surface area contributed by atoms with Crippen molar-refractivity contribution in [3.63, 3.8) is 0 Å². The van der Waals surface area contributed by atoms with Gasteiger partial charge in [0.15, 0.2) is 0 Å². The minimum atomic E-state index is 0.368. The average molecular weight is 417 g/mol. The van der Waals surface area contributed by atoms with Gasteiger partial charge in [0.2, 0.25) is 0 Å². The normalized spacial score (nSPS) is 25.5. The Bertz CT molecular complexity index is 911. The highest BCUT2D eigenvalue weighted by molar-refractivity contribution is 6.30. The number of nitrogens with zero attached hydrogens (tertiary/aromatic N) is 1. The molecule has 0 spiro atoms. The van der Waals surface area contributed by atoms with Crippen LogP contribution in [0.5, 0.6) is 0 Å². The van der Waals surface area contributed by atoms with Crippen LogP contribution in [0.15, 0.2) is 84.9 Å². The van der Waals surface area contributed by atoms with Gasteiger partial charge in [-0.25, -0.2) is 0 Å². The summed E-state index contributed by atoms with van der Waals surface area (Å²) in [6.45, 7) is 3.28. The average Bonchev–Trinajstić information content (AvgIpc) is 2.81. The zero-order valence-electron chi connectivity index (χ0n) is 17.3. The molecule has 6 rings (SSSR count). The highest BCUT2D eigenvalue weighted by Crippen LogP contribution is 2.42. The molecule has 3 heteroatoms. The second-order valence-corrected chi connectivity index (χ2v) is 9.14. The Morgan fingerprint density at radius 1 is 0.833 bits per heavy atom. The molecule has 2 bridgehead atoms. The second kappa shape index (κ2) is 8.93. The van der Waals surface area contributed by atoms with E-state index in [1.54, 1.807) is 0 Å². The van der Waals surface area contributed by atoms with Crippen LogP contribution in [-0.2, 0) is 6.54 Å². The first-order chi connectivity index (χ1) is 14.8. The maximum Gasteiger partial charge on any atom is 0.0409 e. The first kappa shape index (κ1) is 19.8. The highest BCUT2D eigenvalue weighted by atomic mass is 35.5. The number of benzene rings is 3. The van der Waals surface area contributed by atoms with Crippen molar-refractivity contribution in [2.45, 2.75) is 37.4 Å². The summed E-state index contributed by atoms with van der Waals surface area (Å²) in [5, 5.41) is 4.78. The fourth-order valence-corrected chi connectivity index (χ4v) is 5.79. The Labute approximate surface area is 184 Å². The summed E-state index contributed by atoms with van der Waals surface area (Å²) in [6, 6.07) is 31.3. The van der Waals surface area contributed by atoms with E-state index in [2.05, 4.69) is 83.0 Å². The van der Waals surface area contributed by atoms with Crippen LogP contribution in [0.1, 0.15) is 35.4 Å². The lowest BCUT2D eigenvalue weighted by Crippen LogP contribution is -2.64. The predicted octanol–water partition coefficient (Wildman–Crippen LogP) is 5.72. The van der Waals surface area contributed by atoms with E-state index in [0.29, 0.717) is 18.0 Å². The van der Waals surface area contributed by atoms with Crippen LogP contribution in [0.2, 0.25) is 5.02 Å². The van der Waals surface area contributed by atoms with Gasteiger partial charge in [0.05, 0.1) is 0 Å². The molecule has 1 N–H and O–H groups in total. The molecule has 3 heterocycles. The minimum Gasteiger partial charge on any atom is -0.308 e. The van der Waals surface area contributed by atoms with Crippen molar-refractivity contribution in [3.8, 4) is 0 Å². The van der Waals surface area contributed by atoms with Gasteiger partial charge in [-0.3, -0.25) is 4.90 Å². The molecular weight excluding hydrogens is 388 g/mol. The van der Waals surface area contributed by atoms with Gasteiger partial charge in [-0.1, -0.05) is 84.4 Å². The second-order valence-electron chi connectivity index (χ2n) is 8.70. The molecule has 154 valence electrons. The summed E-state index contributed by atoms with van der Waals surface area (Å²) < 4.78 is 0. The molecule has 3 aliphatic rings. The van der Waals surface area contributed by atoms with Gasteiger partial charge in [0.25, 0.3) is 0 Å². The van der Waals surface area contributed by atoms with Crippen LogP contribution in [0.4, 0.5) is 0 Å². The number of piperidine rings is 3. The maximum atomic E-state index is 6.23. The summed E-state index contributed by atoms with van der Waals surface area (Å²) in [4.78, 5) is 2.74. The zero-order chi connectivity index (χ0) is 20.3. The van der Waals surface area contributed by atoms with E-state index in [4.69, 9.17) is 11.6 Å². The molecule has 0 radical (unpaired) electrons. The zero-order valence-corrected chi connectivity index (χ0v) is 18.0. The van der Waals surface area contributed by atoms with E-state index in [9.17, 15) is 0 Å². The lowest BCUT2D eigenvalue weighted by atomic mass is 9.70. The van der Waals surface area contributed by atoms with Crippen molar-refractivity contribution < 1.29 is 0 Å². The molecule has 2 atom stereocenters. The van der Waals surface area contributed by atoms with Gasteiger partial charge in [-0.15, -0.1) is 0 Å². The maximum absolute atomic E-state index is 6.23. The molecule has 3 aromatic rings. The minimum absolute atomic E-state index is 0.368. The van der Waals surface area contributed by atoms with Crippen molar-refractivity contribution in [1.29, 1.82) is 0 Å². The smallest absolute Gasteiger partial charge is 0.0409 e. The van der Waals surface area contributed by atoms with Crippen LogP contribution in [0, 0.1) is 5.92 Å². The molecule has 0 aliphatic carbocycles. The van der Waals surface area contributed by atoms with E-state index in [0.717, 1.165) is 17.5 Å². The van der Waals surface area contributed by atoms with Crippen molar-refractivity contribution in [2.75, 3.05) is 13.1 Å². The quantitative estimate of drug-likeness (QED) is 0.552. The third-order valence-corrected chi connectivity index (χ3v) is 7.20. The van der Waals surface area contributed by atoms with Crippen molar-refractivity contribution in [1.82, 2.24) is 10.2 Å². The number of rotatable bonds is 6. The highest BCUT2D eigenvalue weighted by Gasteiger charge is 2.46. The Balaban J connectivity index is 1.49. The first-order valence-corrected chi connectivity index (χ1v) is 11.5. The van der Waals surface area contributed by atoms with Crippen LogP contribution >= 0.6 is 11.6 Å². The fourth-order valence-electron chi connectivity index (χ4n) is 5.58. The van der Waals surface area contributed by atoms with E-state index < -0.39 is 0 Å². The lowest BCUT2D eigenvalue weighted by molar-refractivity contribution is 0.00468. The molecular formula is C27H29ClN2. The van der Waals surface area contributed by atoms with Gasteiger partial charge < -0.3 is 5.32 Å². The molecule has 0 unspecified atom stereocenters. The van der Waals surface area contributed by atoms with E-state index in [1.165, 1.54) is 42.6 Å². The number of hydrogen-bond acceptors (Lipinski definition) is 2. The number of hydrogen-bond donors (Lipinski definition) is 1. The van der Waals surface area contributed by atoms with Crippen molar-refractivity contribution in [3.05, 3.63) is 107 Å². The monoisotopic (exact) mass is 416 g/mol. The van der Waals surface area contributed by atoms with Crippen molar-refractivity contribution >= 4 is 11.6 Å². The lowest BCUT2D eigenvalue weighted by Gasteiger charge is -2.54. The predicted molar refractivity (Wildman–Crippen MR) is 125 cm³/mol. The first-order valence-electron chi connectivity index (χ1n) is 11.1. The SMILES string of the molecule is Clc1cccc(CN[C@@H]2C3CCN(CC3)[C@H]2C(c2ccccc2)c2ccccc2)c1. The summed E-state index contributed by atoms with van der Waals surface area (Å²) in [7, 11) is 0. The molecule has 0 saturated carbocycles. The number of halogens is 1. The fraction of sp³-hybridized carbons (Fsp3) is 0.333. The molecule has 3 fully saturated rings. The summed E-state index contributed by atoms with van der Waals surface area (Å²) in [6.07, 6.45) is 2.58. The Hall–Kier alpha value is -2.13. The van der Waals surface area contributed by atoms with Crippen LogP contribution in [0.25, 0.3) is 0 Å². The summed E-state index contributed by atoms with van der Waals surface area (Å²) in [5.41, 5.74) is 4.08. The van der Waals surface area contributed by atoms with Crippen molar-refractivity contribution in [2.24, 2.45) is 5.92 Å². The number of fused-ring (bicyclic) bond motifs is 3. The summed E-state index contributed by atoms with van der Waals surface area (Å²) >= 11 is 6.23. The third kappa shape index (κ3) is 4.05. The van der Waals surface area contributed by atoms with E-state index >= 15 is 0 Å². The molecule has 3 aromatic carbocycles. The van der Waals surface area contributed by atoms with Gasteiger partial charge in [-0.05, 0) is 60.7 Å². The van der Waals surface area contributed by atoms with Crippen LogP contribution in [-0.4, -0.2) is 30.1 Å². The molecule has 2 nitrogen and oxygen atoms in total. The molecule has 30 heavy (non-hydrogen) atoms. The largest absolute Gasteiger partial charge is 0.308 e. The topological polar surface area (TPSA) is 15.3 Å². The Morgan fingerprint density at radius 3 is 2.07 bits per heavy atom. The van der Waals surface area contributed by atoms with Gasteiger partial charge in [-0.2, -0.15) is 0 Å². The third-order valence-electron chi connectivity index (χ3n) is 6.96. The number of nitrogens with one attached hydrogen (secondary N) is 1. The van der Waals surface area contributed by atoms with E-state index in [-0.39, 0.29) is 0 Å². The standard InChI is InChI=1S/C27H29ClN2/c28-24-13-7-8-20(18-24)19-29-26-23-14-16-30(17-15-23)27(26)25(21-9-3-1-4-10-21)22-11-5-2-6-12-22/h1-13,18,23,25-27,29H,14-17,19H2/t26-,27+/m1/s1. The van der Waals surface area contributed by atoms with Crippen LogP contribution < -0.4 is 5.32 Å². The van der Waals surface area contributed by atoms with Gasteiger partial charge in [0.1, 0.15) is 0 Å². The summed E-state index contributed by atoms with van der Waals surface area (Å²) in [5.74, 6) is 1.10. The van der Waals surface area contributed by atoms with Crippen LogP contribution in [0.3, 0.4) is 0 Å². The van der Waals surface area contributed by atoms with Gasteiger partial charge in [0, 0.05) is 29.6 Å². The molecule has 0 amide bonds. The Kier molecular flexibility index (Phi) is 5.90. The van der Waals surface area contributed by atoms with Gasteiger partial charge >= 0.3 is 0 Å². The molecule has 3 saturated heterocycles. The van der Waals surface area contributed by atoms with E-state index in [1.807, 2.05) is 12.1 Å². The molecule has 3 aliphatic heterocycles. The Morgan fingerprint density at radius 2 is 1.47 bits per heavy atom.